The van der Waals surface area contributed by atoms with E-state index in [4.69, 9.17) is 31.5 Å². The van der Waals surface area contributed by atoms with Crippen LogP contribution in [0.25, 0.3) is 0 Å². The van der Waals surface area contributed by atoms with Crippen LogP contribution in [-0.4, -0.2) is 78.6 Å². The number of hydrogen-bond acceptors (Lipinski definition) is 9. The summed E-state index contributed by atoms with van der Waals surface area (Å²) >= 11 is 5.81. The number of nitrogens with two attached hydrogens (primary N) is 1. The number of anilines is 2. The Morgan fingerprint density at radius 2 is 1.98 bits per heavy atom. The van der Waals surface area contributed by atoms with E-state index >= 15 is 0 Å². The normalized spacial score (nSPS) is 26.6. The number of nitrogen functional groups attached to an aromatic ring is 1. The molecule has 2 aromatic heterocycles. The van der Waals surface area contributed by atoms with Crippen LogP contribution in [0, 0.1) is 5.92 Å². The Labute approximate surface area is 241 Å². The van der Waals surface area contributed by atoms with Crippen molar-refractivity contribution in [3.8, 4) is 6.01 Å². The van der Waals surface area contributed by atoms with Gasteiger partial charge in [0.15, 0.2) is 0 Å². The first-order valence-electron chi connectivity index (χ1n) is 13.8. The van der Waals surface area contributed by atoms with Crippen LogP contribution in [0.1, 0.15) is 54.7 Å². The highest BCUT2D eigenvalue weighted by Gasteiger charge is 2.41. The SMILES string of the molecule is COc1nc2c(c(N3CCOCC(C)C3)n1)COC(c1cc(N)nc(Cl)c1C(F)(F)F)C2.FC1CC2CCCN2C1. The van der Waals surface area contributed by atoms with Gasteiger partial charge >= 0.3 is 12.2 Å². The number of aromatic nitrogens is 3. The predicted molar refractivity (Wildman–Crippen MR) is 145 cm³/mol. The zero-order valence-corrected chi connectivity index (χ0v) is 23.8. The van der Waals surface area contributed by atoms with Crippen molar-refractivity contribution < 1.29 is 31.8 Å². The molecule has 0 aromatic carbocycles. The molecule has 0 amide bonds. The van der Waals surface area contributed by atoms with Crippen LogP contribution in [0.15, 0.2) is 6.07 Å². The maximum Gasteiger partial charge on any atom is 0.419 e. The van der Waals surface area contributed by atoms with Crippen LogP contribution in [-0.2, 0) is 28.7 Å². The predicted octanol–water partition coefficient (Wildman–Crippen LogP) is 4.61. The molecule has 0 spiro atoms. The van der Waals surface area contributed by atoms with Gasteiger partial charge in [0.25, 0.3) is 0 Å². The molecule has 4 aliphatic heterocycles. The maximum atomic E-state index is 13.7. The number of fused-ring (bicyclic) bond motifs is 2. The lowest BCUT2D eigenvalue weighted by Gasteiger charge is -2.31. The standard InChI is InChI=1S/C20H23ClF3N5O3.C7H12FN/c1-10-7-29(3-4-31-8-10)18-12-9-32-14(6-13(12)26-19(28-18)30-2)11-5-15(25)27-17(21)16(11)20(22,23)24;8-6-4-7-2-1-3-9(7)5-6/h5,10,14H,3-4,6-9H2,1-2H3,(H2,25,27);6-7H,1-5H2. The second-order valence-corrected chi connectivity index (χ2v) is 11.4. The number of rotatable bonds is 3. The quantitative estimate of drug-likeness (QED) is 0.399. The average molecular weight is 603 g/mol. The van der Waals surface area contributed by atoms with Crippen molar-refractivity contribution in [1.29, 1.82) is 0 Å². The molecule has 9 nitrogen and oxygen atoms in total. The minimum atomic E-state index is -4.71. The molecule has 0 aliphatic carbocycles. The molecular formula is C27H35ClF4N6O3. The van der Waals surface area contributed by atoms with E-state index in [-0.39, 0.29) is 36.3 Å². The summed E-state index contributed by atoms with van der Waals surface area (Å²) in [6.07, 6.45) is -2.79. The highest BCUT2D eigenvalue weighted by Crippen LogP contribution is 2.43. The summed E-state index contributed by atoms with van der Waals surface area (Å²) in [6.45, 7) is 6.48. The van der Waals surface area contributed by atoms with Gasteiger partial charge in [-0.05, 0) is 37.8 Å². The lowest BCUT2D eigenvalue weighted by molar-refractivity contribution is -0.140. The highest BCUT2D eigenvalue weighted by molar-refractivity contribution is 6.30. The van der Waals surface area contributed by atoms with Crippen molar-refractivity contribution in [2.75, 3.05) is 57.1 Å². The fourth-order valence-electron chi connectivity index (χ4n) is 6.07. The van der Waals surface area contributed by atoms with Crippen LogP contribution in [0.5, 0.6) is 6.01 Å². The van der Waals surface area contributed by atoms with E-state index in [0.29, 0.717) is 50.4 Å². The first-order valence-corrected chi connectivity index (χ1v) is 14.2. The molecule has 41 heavy (non-hydrogen) atoms. The smallest absolute Gasteiger partial charge is 0.419 e. The third-order valence-corrected chi connectivity index (χ3v) is 8.17. The molecular weight excluding hydrogens is 568 g/mol. The molecule has 14 heteroatoms. The molecule has 2 aromatic rings. The molecule has 4 unspecified atom stereocenters. The minimum Gasteiger partial charge on any atom is -0.467 e. The number of methoxy groups -OCH3 is 1. The third-order valence-electron chi connectivity index (χ3n) is 7.90. The molecule has 0 bridgehead atoms. The van der Waals surface area contributed by atoms with E-state index in [1.807, 2.05) is 0 Å². The van der Waals surface area contributed by atoms with E-state index in [0.717, 1.165) is 24.6 Å². The Hall–Kier alpha value is -2.48. The Kier molecular flexibility index (Phi) is 9.07. The van der Waals surface area contributed by atoms with Crippen LogP contribution in [0.4, 0.5) is 29.2 Å². The Bertz CT molecular complexity index is 1230. The first kappa shape index (κ1) is 30.0. The Morgan fingerprint density at radius 1 is 1.17 bits per heavy atom. The monoisotopic (exact) mass is 602 g/mol. The molecule has 2 N–H and O–H groups in total. The number of hydrogen-bond donors (Lipinski definition) is 1. The molecule has 6 heterocycles. The van der Waals surface area contributed by atoms with Crippen molar-refractivity contribution in [3.63, 3.8) is 0 Å². The Balaban J connectivity index is 0.000000315. The minimum absolute atomic E-state index is 0.0300. The summed E-state index contributed by atoms with van der Waals surface area (Å²) in [4.78, 5) is 16.8. The van der Waals surface area contributed by atoms with Crippen molar-refractivity contribution in [3.05, 3.63) is 33.6 Å². The highest BCUT2D eigenvalue weighted by atomic mass is 35.5. The summed E-state index contributed by atoms with van der Waals surface area (Å²) in [7, 11) is 1.45. The second kappa shape index (κ2) is 12.4. The van der Waals surface area contributed by atoms with E-state index in [2.05, 4.69) is 31.7 Å². The van der Waals surface area contributed by atoms with Crippen molar-refractivity contribution in [2.24, 2.45) is 5.92 Å². The van der Waals surface area contributed by atoms with Gasteiger partial charge in [-0.3, -0.25) is 4.90 Å². The third kappa shape index (κ3) is 6.79. The molecule has 0 radical (unpaired) electrons. The van der Waals surface area contributed by atoms with Gasteiger partial charge in [0.05, 0.1) is 44.3 Å². The first-order chi connectivity index (χ1) is 19.5. The number of ether oxygens (including phenoxy) is 3. The lowest BCUT2D eigenvalue weighted by atomic mass is 9.96. The second-order valence-electron chi connectivity index (χ2n) is 11.0. The molecule has 3 fully saturated rings. The molecule has 226 valence electrons. The molecule has 3 saturated heterocycles. The van der Waals surface area contributed by atoms with Gasteiger partial charge in [-0.15, -0.1) is 0 Å². The van der Waals surface area contributed by atoms with Crippen LogP contribution in [0.3, 0.4) is 0 Å². The van der Waals surface area contributed by atoms with Gasteiger partial charge in [-0.1, -0.05) is 18.5 Å². The van der Waals surface area contributed by atoms with Crippen LogP contribution >= 0.6 is 11.6 Å². The van der Waals surface area contributed by atoms with Crippen LogP contribution in [0.2, 0.25) is 5.15 Å². The van der Waals surface area contributed by atoms with Crippen molar-refractivity contribution >= 4 is 23.2 Å². The molecule has 4 aliphatic rings. The lowest BCUT2D eigenvalue weighted by Crippen LogP contribution is -2.32. The maximum absolute atomic E-state index is 13.7. The largest absolute Gasteiger partial charge is 0.467 e. The van der Waals surface area contributed by atoms with E-state index in [1.165, 1.54) is 20.0 Å². The number of halogens is 5. The molecule has 6 rings (SSSR count). The van der Waals surface area contributed by atoms with Crippen molar-refractivity contribution in [1.82, 2.24) is 19.9 Å². The average Bonchev–Trinajstić information content (AvgIpc) is 3.41. The van der Waals surface area contributed by atoms with E-state index in [9.17, 15) is 17.6 Å². The summed E-state index contributed by atoms with van der Waals surface area (Å²) in [5.74, 6) is 0.806. The fraction of sp³-hybridized carbons (Fsp3) is 0.667. The topological polar surface area (TPSA) is 98.9 Å². The van der Waals surface area contributed by atoms with Gasteiger partial charge in [-0.2, -0.15) is 23.1 Å². The van der Waals surface area contributed by atoms with Crippen molar-refractivity contribution in [2.45, 2.75) is 63.7 Å². The molecule has 0 saturated carbocycles. The number of alkyl halides is 4. The van der Waals surface area contributed by atoms with Gasteiger partial charge in [-0.25, -0.2) is 9.37 Å². The Morgan fingerprint density at radius 3 is 2.71 bits per heavy atom. The van der Waals surface area contributed by atoms with Gasteiger partial charge < -0.3 is 24.8 Å². The van der Waals surface area contributed by atoms with Crippen LogP contribution < -0.4 is 15.4 Å². The summed E-state index contributed by atoms with van der Waals surface area (Å²) < 4.78 is 70.5. The number of nitrogens with zero attached hydrogens (tertiary/aromatic N) is 5. The zero-order valence-electron chi connectivity index (χ0n) is 23.1. The number of pyridine rings is 1. The van der Waals surface area contributed by atoms with E-state index < -0.39 is 29.2 Å². The van der Waals surface area contributed by atoms with E-state index in [1.54, 1.807) is 0 Å². The zero-order chi connectivity index (χ0) is 29.3. The summed E-state index contributed by atoms with van der Waals surface area (Å²) in [5.41, 5.74) is 5.74. The summed E-state index contributed by atoms with van der Waals surface area (Å²) in [6, 6.07) is 1.90. The van der Waals surface area contributed by atoms with Gasteiger partial charge in [0.1, 0.15) is 23.0 Å². The summed E-state index contributed by atoms with van der Waals surface area (Å²) in [5, 5.41) is -0.707. The van der Waals surface area contributed by atoms with Gasteiger partial charge in [0.2, 0.25) is 0 Å². The molecule has 4 atom stereocenters. The fourth-order valence-corrected chi connectivity index (χ4v) is 6.38. The van der Waals surface area contributed by atoms with Gasteiger partial charge in [0, 0.05) is 43.2 Å².